The minimum Gasteiger partial charge on any atom is -0.295 e. The molecule has 1 aromatic rings. The number of carbonyl (C=O) groups is 2. The first-order chi connectivity index (χ1) is 9.41. The number of nitrogens with zero attached hydrogens (tertiary/aromatic N) is 2. The van der Waals surface area contributed by atoms with Crippen LogP contribution in [0.25, 0.3) is 0 Å². The first kappa shape index (κ1) is 14.6. The van der Waals surface area contributed by atoms with Gasteiger partial charge in [0.15, 0.2) is 5.78 Å². The van der Waals surface area contributed by atoms with Gasteiger partial charge in [0.25, 0.3) is 0 Å². The van der Waals surface area contributed by atoms with E-state index >= 15 is 0 Å². The van der Waals surface area contributed by atoms with Gasteiger partial charge in [-0.2, -0.15) is 0 Å². The number of hydrogen-bond donors (Lipinski definition) is 1. The highest BCUT2D eigenvalue weighted by Gasteiger charge is 2.32. The summed E-state index contributed by atoms with van der Waals surface area (Å²) in [6.07, 6.45) is 5.20. The second-order valence-electron chi connectivity index (χ2n) is 6.16. The van der Waals surface area contributed by atoms with E-state index in [4.69, 9.17) is 0 Å². The van der Waals surface area contributed by atoms with E-state index < -0.39 is 0 Å². The summed E-state index contributed by atoms with van der Waals surface area (Å²) in [5.74, 6) is 0.163. The monoisotopic (exact) mass is 275 g/mol. The van der Waals surface area contributed by atoms with E-state index in [0.29, 0.717) is 18.5 Å². The van der Waals surface area contributed by atoms with Crippen LogP contribution in [0, 0.1) is 5.41 Å². The summed E-state index contributed by atoms with van der Waals surface area (Å²) in [6.45, 7) is 6.16. The number of aromatic nitrogens is 2. The number of anilines is 1. The van der Waals surface area contributed by atoms with Crippen LogP contribution in [-0.4, -0.2) is 21.7 Å². The van der Waals surface area contributed by atoms with Crippen molar-refractivity contribution in [3.8, 4) is 0 Å². The van der Waals surface area contributed by atoms with Crippen LogP contribution in [0.3, 0.4) is 0 Å². The van der Waals surface area contributed by atoms with Crippen LogP contribution in [0.2, 0.25) is 0 Å². The smallest absolute Gasteiger partial charge is 0.230 e. The van der Waals surface area contributed by atoms with E-state index in [-0.39, 0.29) is 23.1 Å². The maximum absolute atomic E-state index is 12.1. The molecule has 5 heteroatoms. The molecule has 0 atom stereocenters. The van der Waals surface area contributed by atoms with Crippen LogP contribution in [0.4, 0.5) is 5.95 Å². The molecule has 0 bridgehead atoms. The molecule has 0 radical (unpaired) electrons. The Bertz CT molecular complexity index is 538. The average molecular weight is 275 g/mol. The molecule has 1 aliphatic carbocycles. The van der Waals surface area contributed by atoms with Crippen molar-refractivity contribution in [2.24, 2.45) is 5.41 Å². The van der Waals surface area contributed by atoms with Crippen LogP contribution in [0.1, 0.15) is 62.5 Å². The van der Waals surface area contributed by atoms with Crippen molar-refractivity contribution in [1.29, 1.82) is 0 Å². The van der Waals surface area contributed by atoms with Crippen LogP contribution in [0.15, 0.2) is 6.20 Å². The highest BCUT2D eigenvalue weighted by atomic mass is 16.1. The van der Waals surface area contributed by atoms with Crippen molar-refractivity contribution < 1.29 is 9.59 Å². The Labute approximate surface area is 119 Å². The van der Waals surface area contributed by atoms with Gasteiger partial charge < -0.3 is 0 Å². The molecule has 20 heavy (non-hydrogen) atoms. The second kappa shape index (κ2) is 5.69. The average Bonchev–Trinajstić information content (AvgIpc) is 2.36. The number of fused-ring (bicyclic) bond motifs is 1. The first-order valence-corrected chi connectivity index (χ1v) is 7.10. The molecule has 1 N–H and O–H groups in total. The van der Waals surface area contributed by atoms with Crippen LogP contribution < -0.4 is 5.32 Å². The lowest BCUT2D eigenvalue weighted by atomic mass is 9.76. The Hall–Kier alpha value is -1.78. The standard InChI is InChI=1S/C15H21N3O2/c1-4-5-6-12(20)17-14-16-9-10-7-15(2,3)8-11(19)13(10)18-14/h9H,4-8H2,1-3H3,(H,16,17,18,20). The number of Topliss-reactive ketones (excluding diaryl/α,β-unsaturated/α-hetero) is 1. The number of hydrogen-bond acceptors (Lipinski definition) is 4. The van der Waals surface area contributed by atoms with E-state index in [9.17, 15) is 9.59 Å². The van der Waals surface area contributed by atoms with Crippen molar-refractivity contribution >= 4 is 17.6 Å². The van der Waals surface area contributed by atoms with Gasteiger partial charge in [0, 0.05) is 24.6 Å². The number of ketones is 1. The molecule has 0 fully saturated rings. The predicted octanol–water partition coefficient (Wildman–Crippen LogP) is 2.76. The molecule has 0 aromatic carbocycles. The van der Waals surface area contributed by atoms with Gasteiger partial charge in [-0.15, -0.1) is 0 Å². The molecule has 1 aliphatic rings. The molecule has 2 rings (SSSR count). The summed E-state index contributed by atoms with van der Waals surface area (Å²) < 4.78 is 0. The van der Waals surface area contributed by atoms with E-state index in [2.05, 4.69) is 29.1 Å². The molecule has 0 spiro atoms. The van der Waals surface area contributed by atoms with Crippen molar-refractivity contribution in [2.45, 2.75) is 52.9 Å². The molecule has 1 aromatic heterocycles. The minimum absolute atomic E-state index is 0.0303. The molecule has 0 aliphatic heterocycles. The van der Waals surface area contributed by atoms with Gasteiger partial charge in [0.2, 0.25) is 11.9 Å². The topological polar surface area (TPSA) is 72.0 Å². The third-order valence-electron chi connectivity index (χ3n) is 3.45. The first-order valence-electron chi connectivity index (χ1n) is 7.10. The number of unbranched alkanes of at least 4 members (excludes halogenated alkanes) is 1. The third kappa shape index (κ3) is 3.40. The van der Waals surface area contributed by atoms with Crippen LogP contribution in [0.5, 0.6) is 0 Å². The normalized spacial score (nSPS) is 16.6. The second-order valence-corrected chi connectivity index (χ2v) is 6.16. The SMILES string of the molecule is CCCCC(=O)Nc1ncc2c(n1)C(=O)CC(C)(C)C2. The largest absolute Gasteiger partial charge is 0.295 e. The van der Waals surface area contributed by atoms with Crippen molar-refractivity contribution in [3.63, 3.8) is 0 Å². The molecule has 0 saturated heterocycles. The number of nitrogens with one attached hydrogen (secondary N) is 1. The zero-order chi connectivity index (χ0) is 14.8. The lowest BCUT2D eigenvalue weighted by molar-refractivity contribution is -0.116. The van der Waals surface area contributed by atoms with Gasteiger partial charge in [-0.25, -0.2) is 9.97 Å². The molecule has 0 saturated carbocycles. The van der Waals surface area contributed by atoms with Gasteiger partial charge in [-0.05, 0) is 18.3 Å². The van der Waals surface area contributed by atoms with Crippen molar-refractivity contribution in [1.82, 2.24) is 9.97 Å². The Morgan fingerprint density at radius 3 is 2.85 bits per heavy atom. The highest BCUT2D eigenvalue weighted by molar-refractivity contribution is 5.98. The molecular formula is C15H21N3O2. The molecule has 5 nitrogen and oxygen atoms in total. The van der Waals surface area contributed by atoms with Crippen LogP contribution in [-0.2, 0) is 11.2 Å². The maximum atomic E-state index is 12.1. The summed E-state index contributed by atoms with van der Waals surface area (Å²) in [7, 11) is 0. The minimum atomic E-state index is -0.101. The summed E-state index contributed by atoms with van der Waals surface area (Å²) in [6, 6.07) is 0. The van der Waals surface area contributed by atoms with Gasteiger partial charge in [0.05, 0.1) is 0 Å². The van der Waals surface area contributed by atoms with Crippen molar-refractivity contribution in [2.75, 3.05) is 5.32 Å². The fourth-order valence-corrected chi connectivity index (χ4v) is 2.46. The lowest BCUT2D eigenvalue weighted by Gasteiger charge is -2.29. The Morgan fingerprint density at radius 1 is 1.40 bits per heavy atom. The predicted molar refractivity (Wildman–Crippen MR) is 76.6 cm³/mol. The van der Waals surface area contributed by atoms with Gasteiger partial charge in [0.1, 0.15) is 5.69 Å². The maximum Gasteiger partial charge on any atom is 0.230 e. The molecule has 1 heterocycles. The van der Waals surface area contributed by atoms with E-state index in [0.717, 1.165) is 24.8 Å². The number of rotatable bonds is 4. The summed E-state index contributed by atoms with van der Waals surface area (Å²) in [5.41, 5.74) is 1.29. The Balaban J connectivity index is 2.14. The fraction of sp³-hybridized carbons (Fsp3) is 0.600. The van der Waals surface area contributed by atoms with Gasteiger partial charge >= 0.3 is 0 Å². The van der Waals surface area contributed by atoms with Gasteiger partial charge in [-0.1, -0.05) is 27.2 Å². The van der Waals surface area contributed by atoms with Gasteiger partial charge in [-0.3, -0.25) is 14.9 Å². The lowest BCUT2D eigenvalue weighted by Crippen LogP contribution is -2.28. The molecule has 0 unspecified atom stereocenters. The van der Waals surface area contributed by atoms with E-state index in [1.54, 1.807) is 6.20 Å². The molecular weight excluding hydrogens is 254 g/mol. The number of amides is 1. The summed E-state index contributed by atoms with van der Waals surface area (Å²) in [5, 5.41) is 2.65. The fourth-order valence-electron chi connectivity index (χ4n) is 2.46. The quantitative estimate of drug-likeness (QED) is 0.917. The zero-order valence-electron chi connectivity index (χ0n) is 12.3. The van der Waals surface area contributed by atoms with E-state index in [1.807, 2.05) is 6.92 Å². The summed E-state index contributed by atoms with van der Waals surface area (Å²) in [4.78, 5) is 32.1. The van der Waals surface area contributed by atoms with Crippen LogP contribution >= 0.6 is 0 Å². The Kier molecular flexibility index (Phi) is 4.16. The Morgan fingerprint density at radius 2 is 2.15 bits per heavy atom. The molecule has 1 amide bonds. The number of carbonyl (C=O) groups excluding carboxylic acids is 2. The third-order valence-corrected chi connectivity index (χ3v) is 3.45. The molecule has 108 valence electrons. The highest BCUT2D eigenvalue weighted by Crippen LogP contribution is 2.33. The summed E-state index contributed by atoms with van der Waals surface area (Å²) >= 11 is 0. The van der Waals surface area contributed by atoms with E-state index in [1.165, 1.54) is 0 Å². The van der Waals surface area contributed by atoms with Crippen molar-refractivity contribution in [3.05, 3.63) is 17.5 Å². The zero-order valence-corrected chi connectivity index (χ0v) is 12.3.